The van der Waals surface area contributed by atoms with Crippen LogP contribution in [0.4, 0.5) is 4.39 Å². The van der Waals surface area contributed by atoms with E-state index in [4.69, 9.17) is 14.4 Å². The number of carboxylic acid groups (broad SMARTS) is 1. The number of hydrogen-bond acceptors (Lipinski definition) is 4. The van der Waals surface area contributed by atoms with Crippen LogP contribution in [0, 0.1) is 12.7 Å². The molecule has 0 amide bonds. The van der Waals surface area contributed by atoms with Crippen molar-refractivity contribution in [1.82, 2.24) is 14.4 Å². The molecule has 6 nitrogen and oxygen atoms in total. The molecule has 0 aliphatic rings. The molecule has 0 atom stereocenters. The second kappa shape index (κ2) is 8.94. The predicted molar refractivity (Wildman–Crippen MR) is 125 cm³/mol. The van der Waals surface area contributed by atoms with Gasteiger partial charge in [0.1, 0.15) is 17.3 Å². The molecule has 0 bridgehead atoms. The van der Waals surface area contributed by atoms with Gasteiger partial charge in [-0.2, -0.15) is 0 Å². The van der Waals surface area contributed by atoms with Crippen LogP contribution in [0.15, 0.2) is 77.3 Å². The average Bonchev–Trinajstić information content (AvgIpc) is 3.37. The Hall–Kier alpha value is -4.26. The molecule has 0 aliphatic heterocycles. The molecular formula is C27H22FN3O3. The first-order valence-corrected chi connectivity index (χ1v) is 10.9. The summed E-state index contributed by atoms with van der Waals surface area (Å²) in [6.07, 6.45) is 2.33. The lowest BCUT2D eigenvalue weighted by molar-refractivity contribution is -0.136. The Kier molecular flexibility index (Phi) is 5.67. The zero-order valence-electron chi connectivity index (χ0n) is 18.5. The second-order valence-electron chi connectivity index (χ2n) is 8.20. The predicted octanol–water partition coefficient (Wildman–Crippen LogP) is 5.25. The van der Waals surface area contributed by atoms with Gasteiger partial charge in [-0.15, -0.1) is 0 Å². The SMILES string of the molecule is Cc1ccc(Cc2nc3c(Cc4cccc(F)c4)nc(-c4ccccc4)cn3c2CC(=O)O)o1. The van der Waals surface area contributed by atoms with E-state index in [1.165, 1.54) is 12.1 Å². The van der Waals surface area contributed by atoms with Gasteiger partial charge in [0.25, 0.3) is 0 Å². The smallest absolute Gasteiger partial charge is 0.309 e. The standard InChI is InChI=1S/C27H22FN3O3/c1-17-10-11-21(34-17)14-22-25(15-26(32)33)31-16-24(19-7-3-2-4-8-19)29-23(27(31)30-22)13-18-6-5-9-20(28)12-18/h2-12,16H,13-15H2,1H3,(H,32,33). The van der Waals surface area contributed by atoms with Crippen LogP contribution >= 0.6 is 0 Å². The Bertz CT molecular complexity index is 1490. The van der Waals surface area contributed by atoms with Crippen LogP contribution in [0.3, 0.4) is 0 Å². The summed E-state index contributed by atoms with van der Waals surface area (Å²) in [5, 5.41) is 9.64. The van der Waals surface area contributed by atoms with Crippen molar-refractivity contribution >= 4 is 11.6 Å². The van der Waals surface area contributed by atoms with Gasteiger partial charge in [-0.25, -0.2) is 14.4 Å². The molecule has 170 valence electrons. The van der Waals surface area contributed by atoms with Gasteiger partial charge in [-0.3, -0.25) is 9.20 Å². The lowest BCUT2D eigenvalue weighted by atomic mass is 10.1. The third-order valence-electron chi connectivity index (χ3n) is 5.64. The number of benzene rings is 2. The topological polar surface area (TPSA) is 80.6 Å². The molecule has 0 radical (unpaired) electrons. The van der Waals surface area contributed by atoms with Crippen molar-refractivity contribution in [1.29, 1.82) is 0 Å². The van der Waals surface area contributed by atoms with Gasteiger partial charge < -0.3 is 9.52 Å². The lowest BCUT2D eigenvalue weighted by Crippen LogP contribution is -2.08. The lowest BCUT2D eigenvalue weighted by Gasteiger charge is -2.10. The van der Waals surface area contributed by atoms with Crippen molar-refractivity contribution in [3.05, 3.63) is 113 Å². The van der Waals surface area contributed by atoms with Gasteiger partial charge >= 0.3 is 5.97 Å². The molecule has 0 fully saturated rings. The van der Waals surface area contributed by atoms with E-state index in [-0.39, 0.29) is 12.2 Å². The van der Waals surface area contributed by atoms with Crippen LogP contribution < -0.4 is 0 Å². The first kappa shape index (κ1) is 21.6. The van der Waals surface area contributed by atoms with Crippen LogP contribution in [0.1, 0.15) is 34.2 Å². The number of rotatable bonds is 7. The van der Waals surface area contributed by atoms with Crippen molar-refractivity contribution in [2.45, 2.75) is 26.2 Å². The van der Waals surface area contributed by atoms with Crippen molar-refractivity contribution in [3.63, 3.8) is 0 Å². The van der Waals surface area contributed by atoms with E-state index in [1.807, 2.05) is 66.1 Å². The minimum atomic E-state index is -0.955. The number of aryl methyl sites for hydroxylation is 1. The number of hydrogen-bond donors (Lipinski definition) is 1. The third-order valence-corrected chi connectivity index (χ3v) is 5.64. The maximum atomic E-state index is 13.9. The molecule has 3 aromatic heterocycles. The highest BCUT2D eigenvalue weighted by molar-refractivity contribution is 5.71. The molecule has 0 spiro atoms. The molecule has 5 rings (SSSR count). The summed E-state index contributed by atoms with van der Waals surface area (Å²) >= 11 is 0. The monoisotopic (exact) mass is 455 g/mol. The van der Waals surface area contributed by atoms with E-state index in [1.54, 1.807) is 6.07 Å². The highest BCUT2D eigenvalue weighted by Gasteiger charge is 2.21. The quantitative estimate of drug-likeness (QED) is 0.363. The molecule has 5 aromatic rings. The molecular weight excluding hydrogens is 433 g/mol. The summed E-state index contributed by atoms with van der Waals surface area (Å²) in [6.45, 7) is 1.86. The minimum absolute atomic E-state index is 0.201. The van der Waals surface area contributed by atoms with Crippen molar-refractivity contribution in [3.8, 4) is 11.3 Å². The third kappa shape index (κ3) is 4.45. The molecule has 0 unspecified atom stereocenters. The van der Waals surface area contributed by atoms with Crippen LogP contribution in [0.5, 0.6) is 0 Å². The van der Waals surface area contributed by atoms with Gasteiger partial charge in [-0.05, 0) is 36.8 Å². The summed E-state index contributed by atoms with van der Waals surface area (Å²) in [5.41, 5.74) is 4.71. The van der Waals surface area contributed by atoms with E-state index < -0.39 is 5.97 Å². The fourth-order valence-corrected chi connectivity index (χ4v) is 4.13. The number of fused-ring (bicyclic) bond motifs is 1. The molecule has 0 aliphatic carbocycles. The number of halogens is 1. The summed E-state index contributed by atoms with van der Waals surface area (Å²) < 4.78 is 21.4. The molecule has 1 N–H and O–H groups in total. The number of carboxylic acids is 1. The summed E-state index contributed by atoms with van der Waals surface area (Å²) in [5.74, 6) is 0.203. The average molecular weight is 455 g/mol. The fourth-order valence-electron chi connectivity index (χ4n) is 4.13. The van der Waals surface area contributed by atoms with E-state index in [0.29, 0.717) is 47.0 Å². The Morgan fingerprint density at radius 2 is 1.82 bits per heavy atom. The Balaban J connectivity index is 1.71. The number of nitrogens with zero attached hydrogens (tertiary/aromatic N) is 3. The van der Waals surface area contributed by atoms with Gasteiger partial charge in [-0.1, -0.05) is 42.5 Å². The Labute approximate surface area is 195 Å². The summed E-state index contributed by atoms with van der Waals surface area (Å²) in [6, 6.07) is 19.8. The summed E-state index contributed by atoms with van der Waals surface area (Å²) in [4.78, 5) is 21.4. The maximum absolute atomic E-state index is 13.9. The first-order chi connectivity index (χ1) is 16.5. The maximum Gasteiger partial charge on any atom is 0.309 e. The minimum Gasteiger partial charge on any atom is -0.481 e. The zero-order valence-corrected chi connectivity index (χ0v) is 18.5. The largest absolute Gasteiger partial charge is 0.481 e. The van der Waals surface area contributed by atoms with Crippen LogP contribution in [0.2, 0.25) is 0 Å². The number of imidazole rings is 1. The molecule has 0 saturated heterocycles. The van der Waals surface area contributed by atoms with Gasteiger partial charge in [0.05, 0.1) is 35.6 Å². The number of carbonyl (C=O) groups is 1. The normalized spacial score (nSPS) is 11.2. The Morgan fingerprint density at radius 1 is 1.00 bits per heavy atom. The van der Waals surface area contributed by atoms with Crippen LogP contribution in [-0.4, -0.2) is 25.4 Å². The highest BCUT2D eigenvalue weighted by Crippen LogP contribution is 2.26. The van der Waals surface area contributed by atoms with Gasteiger partial charge in [0.2, 0.25) is 0 Å². The van der Waals surface area contributed by atoms with Gasteiger partial charge in [0.15, 0.2) is 5.65 Å². The molecule has 7 heteroatoms. The second-order valence-corrected chi connectivity index (χ2v) is 8.20. The zero-order chi connectivity index (χ0) is 23.7. The molecule has 34 heavy (non-hydrogen) atoms. The molecule has 2 aromatic carbocycles. The summed E-state index contributed by atoms with van der Waals surface area (Å²) in [7, 11) is 0. The number of aromatic nitrogens is 3. The van der Waals surface area contributed by atoms with Crippen LogP contribution in [0.25, 0.3) is 16.9 Å². The molecule has 0 saturated carbocycles. The first-order valence-electron chi connectivity index (χ1n) is 10.9. The number of aliphatic carboxylic acids is 1. The van der Waals surface area contributed by atoms with E-state index >= 15 is 0 Å². The van der Waals surface area contributed by atoms with Crippen molar-refractivity contribution in [2.24, 2.45) is 0 Å². The number of furan rings is 1. The van der Waals surface area contributed by atoms with Crippen molar-refractivity contribution in [2.75, 3.05) is 0 Å². The van der Waals surface area contributed by atoms with Crippen LogP contribution in [-0.2, 0) is 24.1 Å². The fraction of sp³-hybridized carbons (Fsp3) is 0.148. The Morgan fingerprint density at radius 3 is 2.53 bits per heavy atom. The van der Waals surface area contributed by atoms with Crippen molar-refractivity contribution < 1.29 is 18.7 Å². The van der Waals surface area contributed by atoms with Gasteiger partial charge in [0, 0.05) is 18.2 Å². The van der Waals surface area contributed by atoms with E-state index in [9.17, 15) is 14.3 Å². The molecule has 3 heterocycles. The van der Waals surface area contributed by atoms with E-state index in [2.05, 4.69) is 0 Å². The van der Waals surface area contributed by atoms with E-state index in [0.717, 1.165) is 16.9 Å². The highest BCUT2D eigenvalue weighted by atomic mass is 19.1.